The van der Waals surface area contributed by atoms with Crippen LogP contribution in [0.3, 0.4) is 0 Å². The van der Waals surface area contributed by atoms with E-state index in [4.69, 9.17) is 17.3 Å². The molecule has 0 amide bonds. The van der Waals surface area contributed by atoms with Crippen molar-refractivity contribution in [2.45, 2.75) is 10.6 Å². The number of nitrogen functional groups attached to an aromatic ring is 1. The third-order valence-corrected chi connectivity index (χ3v) is 4.28. The summed E-state index contributed by atoms with van der Waals surface area (Å²) in [5, 5.41) is 0.769. The molecule has 0 spiro atoms. The lowest BCUT2D eigenvalue weighted by Crippen LogP contribution is -1.89. The van der Waals surface area contributed by atoms with Gasteiger partial charge in [0.15, 0.2) is 0 Å². The molecule has 2 rings (SSSR count). The molecule has 0 unspecified atom stereocenters. The maximum atomic E-state index is 5.93. The fourth-order valence-electron chi connectivity index (χ4n) is 1.41. The fraction of sp³-hybridized carbons (Fsp3) is 0.0769. The Morgan fingerprint density at radius 3 is 2.71 bits per heavy atom. The summed E-state index contributed by atoms with van der Waals surface area (Å²) in [7, 11) is 0. The van der Waals surface area contributed by atoms with Crippen LogP contribution in [0.25, 0.3) is 0 Å². The minimum Gasteiger partial charge on any atom is -0.398 e. The molecule has 0 aliphatic heterocycles. The van der Waals surface area contributed by atoms with E-state index < -0.39 is 0 Å². The van der Waals surface area contributed by atoms with Gasteiger partial charge in [-0.15, -0.1) is 11.8 Å². The lowest BCUT2D eigenvalue weighted by molar-refractivity contribution is 1.38. The molecule has 0 aliphatic carbocycles. The van der Waals surface area contributed by atoms with E-state index in [9.17, 15) is 0 Å². The average molecular weight is 329 g/mol. The molecule has 0 aromatic heterocycles. The zero-order chi connectivity index (χ0) is 12.3. The number of nitrogens with two attached hydrogens (primary N) is 1. The Balaban J connectivity index is 2.05. The molecule has 0 saturated carbocycles. The smallest absolute Gasteiger partial charge is 0.0461 e. The predicted octanol–water partition coefficient (Wildman–Crippen LogP) is 4.98. The van der Waals surface area contributed by atoms with Gasteiger partial charge in [0.25, 0.3) is 0 Å². The summed E-state index contributed by atoms with van der Waals surface area (Å²) < 4.78 is 0.939. The second-order valence-corrected chi connectivity index (χ2v) is 5.94. The van der Waals surface area contributed by atoms with Gasteiger partial charge >= 0.3 is 0 Å². The Morgan fingerprint density at radius 1 is 1.18 bits per heavy atom. The Labute approximate surface area is 118 Å². The largest absolute Gasteiger partial charge is 0.398 e. The van der Waals surface area contributed by atoms with Gasteiger partial charge in [0.1, 0.15) is 0 Å². The molecule has 0 atom stereocenters. The lowest BCUT2D eigenvalue weighted by atomic mass is 10.2. The minimum atomic E-state index is 0.769. The molecule has 2 N–H and O–H groups in total. The van der Waals surface area contributed by atoms with Crippen molar-refractivity contribution >= 4 is 45.0 Å². The van der Waals surface area contributed by atoms with Crippen LogP contribution in [-0.2, 0) is 5.75 Å². The second kappa shape index (κ2) is 5.80. The third-order valence-electron chi connectivity index (χ3n) is 2.26. The van der Waals surface area contributed by atoms with Gasteiger partial charge in [-0.3, -0.25) is 0 Å². The van der Waals surface area contributed by atoms with Gasteiger partial charge in [-0.1, -0.05) is 23.7 Å². The van der Waals surface area contributed by atoms with E-state index in [2.05, 4.69) is 28.1 Å². The molecule has 4 heteroatoms. The van der Waals surface area contributed by atoms with Crippen LogP contribution in [0.4, 0.5) is 5.69 Å². The summed E-state index contributed by atoms with van der Waals surface area (Å²) in [4.78, 5) is 1.17. The van der Waals surface area contributed by atoms with Crippen LogP contribution in [-0.4, -0.2) is 0 Å². The molecular formula is C13H11BrClNS. The Morgan fingerprint density at radius 2 is 2.00 bits per heavy atom. The average Bonchev–Trinajstić information content (AvgIpc) is 2.31. The van der Waals surface area contributed by atoms with Crippen LogP contribution in [0.15, 0.2) is 51.8 Å². The van der Waals surface area contributed by atoms with Crippen molar-refractivity contribution in [3.63, 3.8) is 0 Å². The number of thioether (sulfide) groups is 1. The maximum Gasteiger partial charge on any atom is 0.0461 e. The first kappa shape index (κ1) is 12.8. The van der Waals surface area contributed by atoms with E-state index in [0.29, 0.717) is 0 Å². The summed E-state index contributed by atoms with van der Waals surface area (Å²) in [6, 6.07) is 13.9. The van der Waals surface area contributed by atoms with E-state index >= 15 is 0 Å². The number of benzene rings is 2. The van der Waals surface area contributed by atoms with Crippen LogP contribution >= 0.6 is 39.3 Å². The molecule has 17 heavy (non-hydrogen) atoms. The van der Waals surface area contributed by atoms with Gasteiger partial charge in [-0.2, -0.15) is 0 Å². The van der Waals surface area contributed by atoms with Gasteiger partial charge in [0, 0.05) is 25.8 Å². The van der Waals surface area contributed by atoms with Gasteiger partial charge in [0.2, 0.25) is 0 Å². The summed E-state index contributed by atoms with van der Waals surface area (Å²) in [6.45, 7) is 0. The highest BCUT2D eigenvalue weighted by Crippen LogP contribution is 2.27. The Kier molecular flexibility index (Phi) is 4.37. The molecular weight excluding hydrogens is 318 g/mol. The van der Waals surface area contributed by atoms with Crippen molar-refractivity contribution in [2.24, 2.45) is 0 Å². The number of hydrogen-bond donors (Lipinski definition) is 1. The highest BCUT2D eigenvalue weighted by molar-refractivity contribution is 9.10. The molecule has 0 bridgehead atoms. The quantitative estimate of drug-likeness (QED) is 0.635. The molecule has 0 radical (unpaired) electrons. The first-order valence-electron chi connectivity index (χ1n) is 5.07. The minimum absolute atomic E-state index is 0.769. The van der Waals surface area contributed by atoms with E-state index in [1.54, 1.807) is 11.8 Å². The highest BCUT2D eigenvalue weighted by atomic mass is 79.9. The van der Waals surface area contributed by atoms with Gasteiger partial charge in [-0.05, 0) is 51.8 Å². The third kappa shape index (κ3) is 3.66. The van der Waals surface area contributed by atoms with Crippen LogP contribution in [0, 0.1) is 0 Å². The number of rotatable bonds is 3. The normalized spacial score (nSPS) is 10.5. The maximum absolute atomic E-state index is 5.93. The van der Waals surface area contributed by atoms with Crippen molar-refractivity contribution in [2.75, 3.05) is 5.73 Å². The van der Waals surface area contributed by atoms with Crippen molar-refractivity contribution in [3.8, 4) is 0 Å². The molecule has 1 nitrogen and oxygen atoms in total. The van der Waals surface area contributed by atoms with Crippen molar-refractivity contribution in [1.29, 1.82) is 0 Å². The van der Waals surface area contributed by atoms with E-state index in [-0.39, 0.29) is 0 Å². The van der Waals surface area contributed by atoms with Crippen LogP contribution in [0.1, 0.15) is 5.56 Å². The van der Waals surface area contributed by atoms with Crippen molar-refractivity contribution < 1.29 is 0 Å². The van der Waals surface area contributed by atoms with Crippen molar-refractivity contribution in [1.82, 2.24) is 0 Å². The SMILES string of the molecule is Nc1cc(CSc2cccc(Cl)c2)ccc1Br. The molecule has 0 fully saturated rings. The zero-order valence-electron chi connectivity index (χ0n) is 8.99. The monoisotopic (exact) mass is 327 g/mol. The van der Waals surface area contributed by atoms with E-state index in [1.807, 2.05) is 30.3 Å². The first-order chi connectivity index (χ1) is 8.15. The Hall–Kier alpha value is -0.640. The molecule has 0 saturated heterocycles. The molecule has 2 aromatic rings. The van der Waals surface area contributed by atoms with Gasteiger partial charge in [0.05, 0.1) is 0 Å². The van der Waals surface area contributed by atoms with E-state index in [0.717, 1.165) is 20.9 Å². The van der Waals surface area contributed by atoms with Crippen LogP contribution in [0.2, 0.25) is 5.02 Å². The number of anilines is 1. The van der Waals surface area contributed by atoms with Crippen molar-refractivity contribution in [3.05, 3.63) is 57.5 Å². The lowest BCUT2D eigenvalue weighted by Gasteiger charge is -2.05. The summed E-state index contributed by atoms with van der Waals surface area (Å²) in [5.74, 6) is 0.887. The number of hydrogen-bond acceptors (Lipinski definition) is 2. The van der Waals surface area contributed by atoms with Crippen LogP contribution in [0.5, 0.6) is 0 Å². The molecule has 88 valence electrons. The van der Waals surface area contributed by atoms with Gasteiger partial charge < -0.3 is 5.73 Å². The molecule has 0 heterocycles. The van der Waals surface area contributed by atoms with E-state index in [1.165, 1.54) is 10.5 Å². The second-order valence-electron chi connectivity index (χ2n) is 3.60. The summed E-state index contributed by atoms with van der Waals surface area (Å²) in [5.41, 5.74) is 7.81. The standard InChI is InChI=1S/C13H11BrClNS/c14-12-5-4-9(6-13(12)16)8-17-11-3-1-2-10(15)7-11/h1-7H,8,16H2. The fourth-order valence-corrected chi connectivity index (χ4v) is 2.81. The number of halogens is 2. The molecule has 2 aromatic carbocycles. The first-order valence-corrected chi connectivity index (χ1v) is 7.23. The van der Waals surface area contributed by atoms with Gasteiger partial charge in [-0.25, -0.2) is 0 Å². The molecule has 0 aliphatic rings. The highest BCUT2D eigenvalue weighted by Gasteiger charge is 2.00. The topological polar surface area (TPSA) is 26.0 Å². The summed E-state index contributed by atoms with van der Waals surface area (Å²) >= 11 is 11.1. The Bertz CT molecular complexity index is 531. The van der Waals surface area contributed by atoms with Crippen LogP contribution < -0.4 is 5.73 Å². The zero-order valence-corrected chi connectivity index (χ0v) is 12.1. The predicted molar refractivity (Wildman–Crippen MR) is 79.6 cm³/mol. The summed E-state index contributed by atoms with van der Waals surface area (Å²) in [6.07, 6.45) is 0.